The molecule has 1 fully saturated rings. The molecule has 1 saturated heterocycles. The van der Waals surface area contributed by atoms with Crippen molar-refractivity contribution < 1.29 is 4.79 Å². The predicted molar refractivity (Wildman–Crippen MR) is 110 cm³/mol. The first-order valence-electron chi connectivity index (χ1n) is 9.18. The third-order valence-corrected chi connectivity index (χ3v) is 5.54. The normalized spacial score (nSPS) is 15.1. The number of thioether (sulfide) groups is 1. The molecule has 1 N–H and O–H groups in total. The molecule has 0 spiro atoms. The molecule has 0 unspecified atom stereocenters. The molecule has 4 nitrogen and oxygen atoms in total. The smallest absolute Gasteiger partial charge is 0.321 e. The maximum absolute atomic E-state index is 12.5. The van der Waals surface area contributed by atoms with E-state index in [4.69, 9.17) is 0 Å². The van der Waals surface area contributed by atoms with E-state index in [2.05, 4.69) is 41.4 Å². The highest BCUT2D eigenvalue weighted by Gasteiger charge is 2.21. The number of rotatable bonds is 5. The van der Waals surface area contributed by atoms with Crippen molar-refractivity contribution in [2.45, 2.75) is 24.8 Å². The Hall–Kier alpha value is -1.98. The zero-order chi connectivity index (χ0) is 18.4. The molecule has 2 aromatic carbocycles. The van der Waals surface area contributed by atoms with Crippen LogP contribution in [0.3, 0.4) is 0 Å². The van der Waals surface area contributed by atoms with Crippen LogP contribution in [0.1, 0.15) is 18.1 Å². The largest absolute Gasteiger partial charge is 0.322 e. The molecular formula is C21H27N3OS. The predicted octanol–water partition coefficient (Wildman–Crippen LogP) is 4.32. The summed E-state index contributed by atoms with van der Waals surface area (Å²) in [4.78, 5) is 18.0. The van der Waals surface area contributed by atoms with E-state index in [1.54, 1.807) is 11.8 Å². The van der Waals surface area contributed by atoms with Crippen LogP contribution in [-0.2, 0) is 13.0 Å². The van der Waals surface area contributed by atoms with Gasteiger partial charge in [-0.05, 0) is 42.0 Å². The van der Waals surface area contributed by atoms with Crippen molar-refractivity contribution in [3.05, 3.63) is 59.7 Å². The maximum atomic E-state index is 12.5. The molecule has 0 aliphatic carbocycles. The number of hydrogen-bond acceptors (Lipinski definition) is 3. The highest BCUT2D eigenvalue weighted by molar-refractivity contribution is 7.98. The SMILES string of the molecule is CCc1ccc(CN2CCN(C(=O)Nc3cccc(SC)c3)CC2)cc1. The number of nitrogens with zero attached hydrogens (tertiary/aromatic N) is 2. The minimum atomic E-state index is -0.00444. The molecule has 1 aliphatic rings. The number of hydrogen-bond donors (Lipinski definition) is 1. The standard InChI is InChI=1S/C21H27N3OS/c1-3-17-7-9-18(10-8-17)16-23-11-13-24(14-12-23)21(25)22-19-5-4-6-20(15-19)26-2/h4-10,15H,3,11-14,16H2,1-2H3,(H,22,25). The average Bonchev–Trinajstić information content (AvgIpc) is 2.69. The molecule has 3 rings (SSSR count). The summed E-state index contributed by atoms with van der Waals surface area (Å²) < 4.78 is 0. The molecule has 1 heterocycles. The Bertz CT molecular complexity index is 724. The molecule has 2 aromatic rings. The van der Waals surface area contributed by atoms with Crippen molar-refractivity contribution in [1.82, 2.24) is 9.80 Å². The molecule has 0 aromatic heterocycles. The van der Waals surface area contributed by atoms with Crippen molar-refractivity contribution in [1.29, 1.82) is 0 Å². The number of carbonyl (C=O) groups excluding carboxylic acids is 1. The average molecular weight is 370 g/mol. The van der Waals surface area contributed by atoms with E-state index in [0.717, 1.165) is 49.7 Å². The Morgan fingerprint density at radius 1 is 1.04 bits per heavy atom. The van der Waals surface area contributed by atoms with Crippen LogP contribution in [0.25, 0.3) is 0 Å². The van der Waals surface area contributed by atoms with E-state index in [9.17, 15) is 4.79 Å². The summed E-state index contributed by atoms with van der Waals surface area (Å²) in [7, 11) is 0. The van der Waals surface area contributed by atoms with Gasteiger partial charge in [0.1, 0.15) is 0 Å². The third kappa shape index (κ3) is 5.02. The molecule has 5 heteroatoms. The van der Waals surface area contributed by atoms with Gasteiger partial charge in [-0.15, -0.1) is 11.8 Å². The van der Waals surface area contributed by atoms with E-state index >= 15 is 0 Å². The van der Waals surface area contributed by atoms with Crippen LogP contribution in [0.5, 0.6) is 0 Å². The van der Waals surface area contributed by atoms with Gasteiger partial charge in [-0.25, -0.2) is 4.79 Å². The van der Waals surface area contributed by atoms with Gasteiger partial charge in [-0.1, -0.05) is 37.3 Å². The molecular weight excluding hydrogens is 342 g/mol. The fourth-order valence-electron chi connectivity index (χ4n) is 3.15. The van der Waals surface area contributed by atoms with Crippen LogP contribution < -0.4 is 5.32 Å². The van der Waals surface area contributed by atoms with Crippen molar-refractivity contribution >= 4 is 23.5 Å². The monoisotopic (exact) mass is 369 g/mol. The second-order valence-electron chi connectivity index (χ2n) is 6.60. The van der Waals surface area contributed by atoms with E-state index < -0.39 is 0 Å². The van der Waals surface area contributed by atoms with Crippen LogP contribution in [-0.4, -0.2) is 48.3 Å². The Kier molecular flexibility index (Phi) is 6.58. The summed E-state index contributed by atoms with van der Waals surface area (Å²) in [5.74, 6) is 0. The van der Waals surface area contributed by atoms with Gasteiger partial charge in [-0.3, -0.25) is 4.90 Å². The highest BCUT2D eigenvalue weighted by atomic mass is 32.2. The number of aryl methyl sites for hydroxylation is 1. The van der Waals surface area contributed by atoms with Crippen molar-refractivity contribution in [2.24, 2.45) is 0 Å². The van der Waals surface area contributed by atoms with E-state index in [0.29, 0.717) is 0 Å². The number of urea groups is 1. The van der Waals surface area contributed by atoms with Crippen molar-refractivity contribution in [3.63, 3.8) is 0 Å². The van der Waals surface area contributed by atoms with Gasteiger partial charge in [-0.2, -0.15) is 0 Å². The zero-order valence-electron chi connectivity index (χ0n) is 15.6. The fourth-order valence-corrected chi connectivity index (χ4v) is 3.61. The summed E-state index contributed by atoms with van der Waals surface area (Å²) in [5.41, 5.74) is 3.58. The van der Waals surface area contributed by atoms with Gasteiger partial charge in [0.15, 0.2) is 0 Å². The molecule has 0 radical (unpaired) electrons. The summed E-state index contributed by atoms with van der Waals surface area (Å²) in [6.07, 6.45) is 3.11. The summed E-state index contributed by atoms with van der Waals surface area (Å²) in [6, 6.07) is 16.8. The van der Waals surface area contributed by atoms with Crippen molar-refractivity contribution in [3.8, 4) is 0 Å². The summed E-state index contributed by atoms with van der Waals surface area (Å²) >= 11 is 1.68. The Labute approximate surface area is 160 Å². The first-order valence-corrected chi connectivity index (χ1v) is 10.4. The number of nitrogens with one attached hydrogen (secondary N) is 1. The lowest BCUT2D eigenvalue weighted by Gasteiger charge is -2.34. The van der Waals surface area contributed by atoms with E-state index in [1.807, 2.05) is 35.4 Å². The molecule has 26 heavy (non-hydrogen) atoms. The van der Waals surface area contributed by atoms with Crippen LogP contribution in [0.4, 0.5) is 10.5 Å². The second-order valence-corrected chi connectivity index (χ2v) is 7.48. The fraction of sp³-hybridized carbons (Fsp3) is 0.381. The van der Waals surface area contributed by atoms with Gasteiger partial charge < -0.3 is 10.2 Å². The number of carbonyl (C=O) groups is 1. The Morgan fingerprint density at radius 3 is 2.38 bits per heavy atom. The van der Waals surface area contributed by atoms with Crippen LogP contribution in [0.15, 0.2) is 53.4 Å². The van der Waals surface area contributed by atoms with E-state index in [-0.39, 0.29) is 6.03 Å². The lowest BCUT2D eigenvalue weighted by Crippen LogP contribution is -2.49. The first kappa shape index (κ1) is 18.8. The van der Waals surface area contributed by atoms with Gasteiger partial charge in [0.05, 0.1) is 0 Å². The van der Waals surface area contributed by atoms with Crippen molar-refractivity contribution in [2.75, 3.05) is 37.8 Å². The van der Waals surface area contributed by atoms with Gasteiger partial charge in [0.25, 0.3) is 0 Å². The molecule has 2 amide bonds. The molecule has 1 aliphatic heterocycles. The molecule has 138 valence electrons. The third-order valence-electron chi connectivity index (χ3n) is 4.82. The number of piperazine rings is 1. The quantitative estimate of drug-likeness (QED) is 0.797. The van der Waals surface area contributed by atoms with Crippen LogP contribution >= 0.6 is 11.8 Å². The van der Waals surface area contributed by atoms with E-state index in [1.165, 1.54) is 11.1 Å². The Balaban J connectivity index is 1.48. The minimum absolute atomic E-state index is 0.00444. The maximum Gasteiger partial charge on any atom is 0.321 e. The minimum Gasteiger partial charge on any atom is -0.322 e. The number of amides is 2. The van der Waals surface area contributed by atoms with Gasteiger partial charge in [0, 0.05) is 43.3 Å². The summed E-state index contributed by atoms with van der Waals surface area (Å²) in [6.45, 7) is 6.48. The first-order chi connectivity index (χ1) is 12.7. The van der Waals surface area contributed by atoms with Gasteiger partial charge in [0.2, 0.25) is 0 Å². The van der Waals surface area contributed by atoms with Crippen LogP contribution in [0, 0.1) is 0 Å². The number of anilines is 1. The lowest BCUT2D eigenvalue weighted by molar-refractivity contribution is 0.143. The topological polar surface area (TPSA) is 35.6 Å². The number of benzene rings is 2. The lowest BCUT2D eigenvalue weighted by atomic mass is 10.1. The zero-order valence-corrected chi connectivity index (χ0v) is 16.4. The molecule has 0 atom stereocenters. The second kappa shape index (κ2) is 9.10. The van der Waals surface area contributed by atoms with Crippen LogP contribution in [0.2, 0.25) is 0 Å². The summed E-state index contributed by atoms with van der Waals surface area (Å²) in [5, 5.41) is 3.02. The Morgan fingerprint density at radius 2 is 1.73 bits per heavy atom. The highest BCUT2D eigenvalue weighted by Crippen LogP contribution is 2.19. The molecule has 0 saturated carbocycles. The van der Waals surface area contributed by atoms with Gasteiger partial charge >= 0.3 is 6.03 Å². The molecule has 0 bridgehead atoms.